The van der Waals surface area contributed by atoms with Crippen LogP contribution in [-0.4, -0.2) is 9.97 Å². The number of benzene rings is 3. The molecule has 0 fully saturated rings. The minimum atomic E-state index is 0.189. The van der Waals surface area contributed by atoms with E-state index in [4.69, 9.17) is 20.4 Å². The molecule has 5 heteroatoms. The molecule has 0 N–H and O–H groups in total. The third kappa shape index (κ3) is 2.04. The van der Waals surface area contributed by atoms with Crippen molar-refractivity contribution in [2.24, 2.45) is 0 Å². The van der Waals surface area contributed by atoms with Crippen molar-refractivity contribution >= 4 is 55.6 Å². The van der Waals surface area contributed by atoms with Crippen molar-refractivity contribution in [2.45, 2.75) is 0 Å². The fourth-order valence-corrected chi connectivity index (χ4v) is 3.89. The quantitative estimate of drug-likeness (QED) is 0.306. The van der Waals surface area contributed by atoms with E-state index in [9.17, 15) is 0 Å². The van der Waals surface area contributed by atoms with Gasteiger partial charge in [-0.2, -0.15) is 0 Å². The van der Waals surface area contributed by atoms with E-state index in [0.717, 1.165) is 38.5 Å². The van der Waals surface area contributed by atoms with Crippen molar-refractivity contribution < 1.29 is 8.83 Å². The van der Waals surface area contributed by atoms with Gasteiger partial charge in [0, 0.05) is 21.7 Å². The molecule has 0 saturated carbocycles. The van der Waals surface area contributed by atoms with Gasteiger partial charge in [-0.1, -0.05) is 42.5 Å². The van der Waals surface area contributed by atoms with Crippen LogP contribution in [0.1, 0.15) is 0 Å². The zero-order chi connectivity index (χ0) is 18.0. The molecule has 3 aromatic heterocycles. The van der Waals surface area contributed by atoms with E-state index in [1.54, 1.807) is 0 Å². The Morgan fingerprint density at radius 1 is 0.667 bits per heavy atom. The monoisotopic (exact) mass is 370 g/mol. The smallest absolute Gasteiger partial charge is 0.223 e. The molecule has 3 heterocycles. The molecule has 0 aliphatic heterocycles. The molecular formula is C22H11ClN2O2. The number of rotatable bonds is 1. The molecule has 0 aliphatic carbocycles. The zero-order valence-corrected chi connectivity index (χ0v) is 14.7. The average Bonchev–Trinajstić information content (AvgIpc) is 3.25. The number of hydrogen-bond donors (Lipinski definition) is 0. The second-order valence-corrected chi connectivity index (χ2v) is 6.73. The maximum atomic E-state index is 6.29. The van der Waals surface area contributed by atoms with E-state index in [1.807, 2.05) is 66.7 Å². The Morgan fingerprint density at radius 3 is 2.22 bits per heavy atom. The van der Waals surface area contributed by atoms with Crippen LogP contribution in [0.25, 0.3) is 55.3 Å². The molecule has 0 atom stereocenters. The number of hydrogen-bond acceptors (Lipinski definition) is 4. The van der Waals surface area contributed by atoms with Crippen LogP contribution in [0.2, 0.25) is 5.28 Å². The molecule has 0 bridgehead atoms. The molecule has 27 heavy (non-hydrogen) atoms. The molecule has 0 unspecified atom stereocenters. The maximum Gasteiger partial charge on any atom is 0.223 e. The van der Waals surface area contributed by atoms with Gasteiger partial charge < -0.3 is 8.83 Å². The second kappa shape index (κ2) is 5.32. The van der Waals surface area contributed by atoms with Gasteiger partial charge in [-0.15, -0.1) is 0 Å². The van der Waals surface area contributed by atoms with Crippen LogP contribution in [0.4, 0.5) is 0 Å². The molecular weight excluding hydrogens is 360 g/mol. The second-order valence-electron chi connectivity index (χ2n) is 6.39. The summed E-state index contributed by atoms with van der Waals surface area (Å²) >= 11 is 6.29. The van der Waals surface area contributed by atoms with Gasteiger partial charge in [-0.3, -0.25) is 0 Å². The number of halogens is 1. The molecule has 6 rings (SSSR count). The van der Waals surface area contributed by atoms with Gasteiger partial charge in [0.15, 0.2) is 5.58 Å². The summed E-state index contributed by atoms with van der Waals surface area (Å²) in [5.41, 5.74) is 5.30. The Bertz CT molecular complexity index is 1500. The lowest BCUT2D eigenvalue weighted by Crippen LogP contribution is -1.90. The van der Waals surface area contributed by atoms with E-state index < -0.39 is 0 Å². The molecule has 0 spiro atoms. The summed E-state index contributed by atoms with van der Waals surface area (Å²) in [7, 11) is 0. The maximum absolute atomic E-state index is 6.29. The van der Waals surface area contributed by atoms with Crippen molar-refractivity contribution in [3.8, 4) is 11.3 Å². The minimum absolute atomic E-state index is 0.189. The summed E-state index contributed by atoms with van der Waals surface area (Å²) in [6, 6.07) is 21.7. The highest BCUT2D eigenvalue weighted by molar-refractivity contribution is 6.29. The van der Waals surface area contributed by atoms with E-state index >= 15 is 0 Å². The van der Waals surface area contributed by atoms with Gasteiger partial charge in [-0.25, -0.2) is 9.97 Å². The largest absolute Gasteiger partial charge is 0.456 e. The number of nitrogens with zero attached hydrogens (tertiary/aromatic N) is 2. The van der Waals surface area contributed by atoms with Gasteiger partial charge in [0.1, 0.15) is 28.0 Å². The van der Waals surface area contributed by atoms with Crippen LogP contribution in [0.15, 0.2) is 75.6 Å². The summed E-state index contributed by atoms with van der Waals surface area (Å²) in [6.07, 6.45) is 0. The van der Waals surface area contributed by atoms with Gasteiger partial charge in [0.25, 0.3) is 0 Å². The summed E-state index contributed by atoms with van der Waals surface area (Å²) < 4.78 is 12.1. The number of aromatic nitrogens is 2. The van der Waals surface area contributed by atoms with Crippen LogP contribution in [-0.2, 0) is 0 Å². The SMILES string of the molecule is Clc1nc(-c2cccc3oc4ccccc4c23)c2oc3ccccc3c2n1. The first-order valence-corrected chi connectivity index (χ1v) is 8.93. The minimum Gasteiger partial charge on any atom is -0.456 e. The van der Waals surface area contributed by atoms with Crippen molar-refractivity contribution in [1.82, 2.24) is 9.97 Å². The molecule has 0 aliphatic rings. The Morgan fingerprint density at radius 2 is 1.37 bits per heavy atom. The van der Waals surface area contributed by atoms with Gasteiger partial charge >= 0.3 is 0 Å². The Kier molecular flexibility index (Phi) is 2.91. The normalized spacial score (nSPS) is 11.9. The van der Waals surface area contributed by atoms with E-state index in [0.29, 0.717) is 16.8 Å². The first-order valence-electron chi connectivity index (χ1n) is 8.55. The summed E-state index contributed by atoms with van der Waals surface area (Å²) in [5, 5.41) is 3.13. The molecule has 6 aromatic rings. The topological polar surface area (TPSA) is 52.1 Å². The number of fused-ring (bicyclic) bond motifs is 6. The van der Waals surface area contributed by atoms with Gasteiger partial charge in [0.2, 0.25) is 5.28 Å². The van der Waals surface area contributed by atoms with Crippen LogP contribution >= 0.6 is 11.6 Å². The average molecular weight is 371 g/mol. The molecule has 3 aromatic carbocycles. The zero-order valence-electron chi connectivity index (χ0n) is 13.9. The summed E-state index contributed by atoms with van der Waals surface area (Å²) in [5.74, 6) is 0. The lowest BCUT2D eigenvalue weighted by atomic mass is 10.0. The van der Waals surface area contributed by atoms with Gasteiger partial charge in [-0.05, 0) is 35.9 Å². The Labute approximate surface area is 158 Å². The van der Waals surface area contributed by atoms with Crippen LogP contribution in [0.3, 0.4) is 0 Å². The first-order chi connectivity index (χ1) is 13.3. The van der Waals surface area contributed by atoms with Crippen molar-refractivity contribution in [1.29, 1.82) is 0 Å². The predicted molar refractivity (Wildman–Crippen MR) is 107 cm³/mol. The van der Waals surface area contributed by atoms with Crippen molar-refractivity contribution in [3.05, 3.63) is 72.0 Å². The summed E-state index contributed by atoms with van der Waals surface area (Å²) in [6.45, 7) is 0. The Balaban J connectivity index is 1.81. The standard InChI is InChI=1S/C22H11ClN2O2/c23-22-24-19-13-7-2-4-10-16(13)27-21(19)20(25-22)14-8-5-11-17-18(14)12-6-1-3-9-15(12)26-17/h1-11H. The lowest BCUT2D eigenvalue weighted by molar-refractivity contribution is 0.667. The fraction of sp³-hybridized carbons (Fsp3) is 0. The van der Waals surface area contributed by atoms with E-state index in [1.165, 1.54) is 0 Å². The Hall–Kier alpha value is -3.37. The summed E-state index contributed by atoms with van der Waals surface area (Å²) in [4.78, 5) is 8.94. The van der Waals surface area contributed by atoms with Gasteiger partial charge in [0.05, 0.1) is 0 Å². The predicted octanol–water partition coefficient (Wildman–Crippen LogP) is 6.60. The molecule has 128 valence electrons. The van der Waals surface area contributed by atoms with Crippen LogP contribution in [0.5, 0.6) is 0 Å². The lowest BCUT2D eigenvalue weighted by Gasteiger charge is -2.04. The highest BCUT2D eigenvalue weighted by Gasteiger charge is 2.20. The third-order valence-electron chi connectivity index (χ3n) is 4.85. The van der Waals surface area contributed by atoms with E-state index in [-0.39, 0.29) is 5.28 Å². The number of para-hydroxylation sites is 2. The molecule has 0 saturated heterocycles. The molecule has 4 nitrogen and oxygen atoms in total. The van der Waals surface area contributed by atoms with Crippen LogP contribution in [0, 0.1) is 0 Å². The number of furan rings is 2. The molecule has 0 radical (unpaired) electrons. The first kappa shape index (κ1) is 14.8. The van der Waals surface area contributed by atoms with Crippen molar-refractivity contribution in [2.75, 3.05) is 0 Å². The van der Waals surface area contributed by atoms with Crippen molar-refractivity contribution in [3.63, 3.8) is 0 Å². The third-order valence-corrected chi connectivity index (χ3v) is 5.02. The highest BCUT2D eigenvalue weighted by atomic mass is 35.5. The van der Waals surface area contributed by atoms with E-state index in [2.05, 4.69) is 9.97 Å². The highest BCUT2D eigenvalue weighted by Crippen LogP contribution is 2.40. The molecule has 0 amide bonds. The fourth-order valence-electron chi connectivity index (χ4n) is 3.72. The van der Waals surface area contributed by atoms with Crippen LogP contribution < -0.4 is 0 Å².